The number of aliphatic carboxylic acids is 1. The molecular weight excluding hydrogens is 362 g/mol. The highest BCUT2D eigenvalue weighted by atomic mass is 32.2. The van der Waals surface area contributed by atoms with Crippen molar-refractivity contribution in [3.05, 3.63) is 45.6 Å². The van der Waals surface area contributed by atoms with Crippen LogP contribution in [0.1, 0.15) is 36.5 Å². The number of aryl methyl sites for hydroxylation is 2. The number of nitrogens with one attached hydrogen (secondary N) is 1. The topological polar surface area (TPSA) is 107 Å². The molecule has 0 fully saturated rings. The van der Waals surface area contributed by atoms with Gasteiger partial charge in [0.2, 0.25) is 0 Å². The van der Waals surface area contributed by atoms with Crippen LogP contribution in [0, 0.1) is 12.3 Å². The first-order chi connectivity index (χ1) is 11.8. The summed E-state index contributed by atoms with van der Waals surface area (Å²) in [7, 11) is -3.36. The van der Waals surface area contributed by atoms with E-state index in [4.69, 9.17) is 5.41 Å². The predicted molar refractivity (Wildman–Crippen MR) is 93.8 cm³/mol. The van der Waals surface area contributed by atoms with Crippen LogP contribution in [0.4, 0.5) is 0 Å². The molecule has 0 saturated carbocycles. The number of carboxylic acid groups (broad SMARTS) is 1. The van der Waals surface area contributed by atoms with Gasteiger partial charge in [0, 0.05) is 10.9 Å². The average molecular weight is 380 g/mol. The van der Waals surface area contributed by atoms with Gasteiger partial charge in [-0.25, -0.2) is 0 Å². The van der Waals surface area contributed by atoms with Gasteiger partial charge in [-0.15, -0.1) is 0 Å². The maximum atomic E-state index is 10.8. The molecule has 3 rings (SSSR count). The molecule has 2 heterocycles. The average Bonchev–Trinajstić information content (AvgIpc) is 3.00. The Morgan fingerprint density at radius 2 is 2.04 bits per heavy atom. The monoisotopic (exact) mass is 380 g/mol. The lowest BCUT2D eigenvalue weighted by molar-refractivity contribution is -0.294. The van der Waals surface area contributed by atoms with Crippen molar-refractivity contribution in [1.82, 2.24) is 0 Å². The normalized spacial score (nSPS) is 13.5. The molecule has 0 bridgehead atoms. The third-order valence-electron chi connectivity index (χ3n) is 3.58. The molecule has 1 aromatic carbocycles. The van der Waals surface area contributed by atoms with Gasteiger partial charge in [-0.05, 0) is 48.4 Å². The predicted octanol–water partition coefficient (Wildman–Crippen LogP) is 2.28. The molecule has 25 heavy (non-hydrogen) atoms. The van der Waals surface area contributed by atoms with Gasteiger partial charge in [0.05, 0.1) is 11.7 Å². The molecular formula is C17H18NO5S2-. The van der Waals surface area contributed by atoms with Crippen molar-refractivity contribution < 1.29 is 22.5 Å². The lowest BCUT2D eigenvalue weighted by Gasteiger charge is -2.18. The summed E-state index contributed by atoms with van der Waals surface area (Å²) >= 11 is 1.43. The number of hydrogen-bond acceptors (Lipinski definition) is 7. The van der Waals surface area contributed by atoms with Crippen LogP contribution < -0.4 is 9.29 Å². The number of unbranched alkanes of at least 4 members (excludes halogenated alkanes) is 1. The third-order valence-corrected chi connectivity index (χ3v) is 5.65. The van der Waals surface area contributed by atoms with Gasteiger partial charge in [-0.3, -0.25) is 5.41 Å². The van der Waals surface area contributed by atoms with Crippen molar-refractivity contribution in [1.29, 1.82) is 5.41 Å². The maximum Gasteiger partial charge on any atom is 0.343 e. The smallest absolute Gasteiger partial charge is 0.343 e. The molecule has 0 amide bonds. The van der Waals surface area contributed by atoms with Gasteiger partial charge in [0.25, 0.3) is 0 Å². The number of carboxylic acids is 1. The van der Waals surface area contributed by atoms with Crippen molar-refractivity contribution in [3.8, 4) is 5.75 Å². The van der Waals surface area contributed by atoms with Gasteiger partial charge in [0.1, 0.15) is 4.90 Å². The van der Waals surface area contributed by atoms with E-state index in [0.29, 0.717) is 16.2 Å². The summed E-state index contributed by atoms with van der Waals surface area (Å²) in [5, 5.41) is 21.4. The molecule has 1 aliphatic heterocycles. The Morgan fingerprint density at radius 3 is 2.60 bits per heavy atom. The molecule has 0 spiro atoms. The number of fused-ring (bicyclic) bond motifs is 1. The highest BCUT2D eigenvalue weighted by molar-refractivity contribution is 7.88. The Labute approximate surface area is 150 Å². The minimum absolute atomic E-state index is 0.295. The zero-order chi connectivity index (χ0) is 18.6. The van der Waals surface area contributed by atoms with Crippen molar-refractivity contribution in [2.75, 3.05) is 0 Å². The second-order valence-corrected chi connectivity index (χ2v) is 7.82. The van der Waals surface area contributed by atoms with E-state index in [-0.39, 0.29) is 0 Å². The van der Waals surface area contributed by atoms with Crippen LogP contribution in [0.5, 0.6) is 5.75 Å². The number of thiophene rings is 1. The van der Waals surface area contributed by atoms with Crippen molar-refractivity contribution in [2.24, 2.45) is 0 Å². The Morgan fingerprint density at radius 1 is 1.32 bits per heavy atom. The Hall–Kier alpha value is -2.19. The number of rotatable bonds is 5. The van der Waals surface area contributed by atoms with Crippen molar-refractivity contribution in [2.45, 2.75) is 38.0 Å². The number of carbonyl (C=O) groups excluding carboxylic acids is 1. The molecule has 1 N–H and O–H groups in total. The Bertz CT molecular complexity index is 900. The first kappa shape index (κ1) is 19.1. The molecule has 2 aromatic rings. The fourth-order valence-corrected chi connectivity index (χ4v) is 4.04. The Balaban J connectivity index is 0.000000185. The lowest BCUT2D eigenvalue weighted by atomic mass is 10.0. The van der Waals surface area contributed by atoms with E-state index in [9.17, 15) is 18.3 Å². The van der Waals surface area contributed by atoms with E-state index in [1.165, 1.54) is 11.3 Å². The van der Waals surface area contributed by atoms with E-state index in [0.717, 1.165) is 30.4 Å². The molecule has 8 heteroatoms. The molecule has 1 aromatic heterocycles. The minimum Gasteiger partial charge on any atom is -0.543 e. The van der Waals surface area contributed by atoms with Crippen molar-refractivity contribution >= 4 is 33.1 Å². The van der Waals surface area contributed by atoms with Gasteiger partial charge in [0.15, 0.2) is 5.75 Å². The van der Waals surface area contributed by atoms with Crippen LogP contribution in [0.15, 0.2) is 33.9 Å². The quantitative estimate of drug-likeness (QED) is 0.632. The van der Waals surface area contributed by atoms with Crippen LogP contribution in [0.3, 0.4) is 0 Å². The second-order valence-electron chi connectivity index (χ2n) is 5.56. The molecule has 134 valence electrons. The van der Waals surface area contributed by atoms with Crippen LogP contribution >= 0.6 is 11.3 Å². The Kier molecular flexibility index (Phi) is 5.97. The molecule has 0 atom stereocenters. The summed E-state index contributed by atoms with van der Waals surface area (Å²) in [4.78, 5) is 10.8. The van der Waals surface area contributed by atoms with Gasteiger partial charge in [-0.2, -0.15) is 19.8 Å². The van der Waals surface area contributed by atoms with Gasteiger partial charge >= 0.3 is 10.1 Å². The van der Waals surface area contributed by atoms with E-state index in [1.54, 1.807) is 23.6 Å². The lowest BCUT2D eigenvalue weighted by Crippen LogP contribution is -2.31. The summed E-state index contributed by atoms with van der Waals surface area (Å²) in [6, 6.07) is 5.01. The molecule has 0 aliphatic carbocycles. The standard InChI is InChI=1S/C10H13NO2S.C7H6O3S/c1-2-3-4-7-5-14-6-8(7)9(11)10(12)13;1-5-2-3-7-6(4-5)10-11(7,8)9/h5-6,11H,2-4H2,1H3,(H,12,13);2-4H,1H3/p-1. The van der Waals surface area contributed by atoms with Gasteiger partial charge < -0.3 is 14.1 Å². The van der Waals surface area contributed by atoms with Crippen LogP contribution in [0.25, 0.3) is 0 Å². The van der Waals surface area contributed by atoms with E-state index < -0.39 is 21.8 Å². The molecule has 0 saturated heterocycles. The third kappa shape index (κ3) is 4.46. The van der Waals surface area contributed by atoms with Crippen molar-refractivity contribution in [3.63, 3.8) is 0 Å². The van der Waals surface area contributed by atoms with Gasteiger partial charge in [-0.1, -0.05) is 19.4 Å². The van der Waals surface area contributed by atoms with Crippen LogP contribution in [0.2, 0.25) is 0 Å². The number of hydrogen-bond donors (Lipinski definition) is 1. The minimum atomic E-state index is -3.36. The fourth-order valence-electron chi connectivity index (χ4n) is 2.23. The highest BCUT2D eigenvalue weighted by Gasteiger charge is 2.32. The molecule has 6 nitrogen and oxygen atoms in total. The SMILES string of the molecule is CCCCc1cscc1C(=N)C(=O)[O-].Cc1ccc2c(c1)OS2(=O)=O. The zero-order valence-electron chi connectivity index (χ0n) is 13.9. The second kappa shape index (κ2) is 7.79. The first-order valence-corrected chi connectivity index (χ1v) is 10.0. The summed E-state index contributed by atoms with van der Waals surface area (Å²) < 4.78 is 26.1. The maximum absolute atomic E-state index is 10.8. The molecule has 0 radical (unpaired) electrons. The van der Waals surface area contributed by atoms with Crippen LogP contribution in [-0.4, -0.2) is 20.1 Å². The largest absolute Gasteiger partial charge is 0.543 e. The highest BCUT2D eigenvalue weighted by Crippen LogP contribution is 2.36. The first-order valence-electron chi connectivity index (χ1n) is 7.66. The fraction of sp³-hybridized carbons (Fsp3) is 0.294. The summed E-state index contributed by atoms with van der Waals surface area (Å²) in [6.07, 6.45) is 2.92. The summed E-state index contributed by atoms with van der Waals surface area (Å²) in [5.41, 5.74) is 2.06. The number of benzene rings is 1. The van der Waals surface area contributed by atoms with E-state index in [2.05, 4.69) is 11.1 Å². The zero-order valence-corrected chi connectivity index (χ0v) is 15.5. The number of carbonyl (C=O) groups is 1. The van der Waals surface area contributed by atoms with E-state index in [1.807, 2.05) is 12.3 Å². The molecule has 1 aliphatic rings. The van der Waals surface area contributed by atoms with Crippen LogP contribution in [-0.2, 0) is 21.3 Å². The molecule has 0 unspecified atom stereocenters. The summed E-state index contributed by atoms with van der Waals surface area (Å²) in [5.74, 6) is -0.939. The van der Waals surface area contributed by atoms with E-state index >= 15 is 0 Å². The summed E-state index contributed by atoms with van der Waals surface area (Å²) in [6.45, 7) is 3.96.